The number of hydrogen-bond donors (Lipinski definition) is 0. The quantitative estimate of drug-likeness (QED) is 0.483. The summed E-state index contributed by atoms with van der Waals surface area (Å²) in [5.74, 6) is 0. The van der Waals surface area contributed by atoms with Gasteiger partial charge in [0.2, 0.25) is 0 Å². The van der Waals surface area contributed by atoms with Crippen LogP contribution in [0.5, 0.6) is 0 Å². The highest BCUT2D eigenvalue weighted by molar-refractivity contribution is 5.48. The molecule has 0 aromatic heterocycles. The predicted octanol–water partition coefficient (Wildman–Crippen LogP) is 2.61. The van der Waals surface area contributed by atoms with Gasteiger partial charge >= 0.3 is 0 Å². The monoisotopic (exact) mass is 206 g/mol. The lowest BCUT2D eigenvalue weighted by Gasteiger charge is -2.03. The molecule has 0 atom stereocenters. The van der Waals surface area contributed by atoms with Gasteiger partial charge in [0.1, 0.15) is 6.29 Å². The summed E-state index contributed by atoms with van der Waals surface area (Å²) in [5.41, 5.74) is 1.36. The van der Waals surface area contributed by atoms with Crippen molar-refractivity contribution in [2.24, 2.45) is 0 Å². The Morgan fingerprint density at radius 1 is 1.07 bits per heavy atom. The number of carbonyl (C=O) groups excluding carboxylic acids is 1. The molecule has 0 aliphatic heterocycles. The summed E-state index contributed by atoms with van der Waals surface area (Å²) in [5, 5.41) is 0. The number of hydrogen-bond acceptors (Lipinski definition) is 2. The first-order chi connectivity index (χ1) is 7.43. The molecule has 0 spiro atoms. The zero-order valence-electron chi connectivity index (χ0n) is 9.02. The third kappa shape index (κ3) is 6.02. The molecule has 0 radical (unpaired) electrons. The summed E-state index contributed by atoms with van der Waals surface area (Å²) >= 11 is 0. The van der Waals surface area contributed by atoms with Gasteiger partial charge in [-0.25, -0.2) is 0 Å². The molecule has 15 heavy (non-hydrogen) atoms. The number of carbonyl (C=O) groups is 1. The van der Waals surface area contributed by atoms with E-state index in [-0.39, 0.29) is 0 Å². The minimum atomic E-state index is 0.610. The normalized spacial score (nSPS) is 10.1. The van der Waals surface area contributed by atoms with Crippen molar-refractivity contribution >= 4 is 6.29 Å². The average molecular weight is 206 g/mol. The Hall–Kier alpha value is -1.15. The molecule has 0 unspecified atom stereocenters. The van der Waals surface area contributed by atoms with Crippen molar-refractivity contribution in [3.05, 3.63) is 35.9 Å². The Labute approximate surface area is 91.3 Å². The first-order valence-electron chi connectivity index (χ1n) is 5.49. The van der Waals surface area contributed by atoms with E-state index in [9.17, 15) is 4.79 Å². The van der Waals surface area contributed by atoms with E-state index in [2.05, 4.69) is 24.3 Å². The molecule has 2 nitrogen and oxygen atoms in total. The Balaban J connectivity index is 1.95. The van der Waals surface area contributed by atoms with Crippen molar-refractivity contribution < 1.29 is 9.53 Å². The number of aldehydes is 1. The molecule has 0 N–H and O–H groups in total. The largest absolute Gasteiger partial charge is 0.381 e. The van der Waals surface area contributed by atoms with Crippen molar-refractivity contribution in [3.8, 4) is 0 Å². The maximum atomic E-state index is 10.0. The standard InChI is InChI=1S/C13H18O2/c14-10-4-5-11-15-12-6-9-13-7-2-1-3-8-13/h1-3,7-8,10H,4-6,9,11-12H2. The van der Waals surface area contributed by atoms with Gasteiger partial charge in [-0.1, -0.05) is 30.3 Å². The van der Waals surface area contributed by atoms with Gasteiger partial charge in [-0.05, 0) is 24.8 Å². The van der Waals surface area contributed by atoms with Gasteiger partial charge in [0.15, 0.2) is 0 Å². The molecule has 1 aromatic carbocycles. The van der Waals surface area contributed by atoms with Crippen LogP contribution in [-0.2, 0) is 16.0 Å². The van der Waals surface area contributed by atoms with Crippen LogP contribution in [-0.4, -0.2) is 19.5 Å². The molecule has 1 rings (SSSR count). The van der Waals surface area contributed by atoms with Gasteiger partial charge in [-0.15, -0.1) is 0 Å². The lowest BCUT2D eigenvalue weighted by molar-refractivity contribution is -0.108. The minimum absolute atomic E-state index is 0.610. The van der Waals surface area contributed by atoms with Gasteiger partial charge in [-0.3, -0.25) is 0 Å². The Morgan fingerprint density at radius 3 is 2.53 bits per heavy atom. The second-order valence-electron chi connectivity index (χ2n) is 3.51. The lowest BCUT2D eigenvalue weighted by atomic mass is 10.1. The van der Waals surface area contributed by atoms with E-state index < -0.39 is 0 Å². The summed E-state index contributed by atoms with van der Waals surface area (Å²) in [6.07, 6.45) is 4.50. The molecule has 0 bridgehead atoms. The van der Waals surface area contributed by atoms with Gasteiger partial charge in [-0.2, -0.15) is 0 Å². The Bertz CT molecular complexity index is 256. The van der Waals surface area contributed by atoms with Crippen molar-refractivity contribution in [3.63, 3.8) is 0 Å². The third-order valence-electron chi connectivity index (χ3n) is 2.21. The molecule has 0 saturated carbocycles. The summed E-state index contributed by atoms with van der Waals surface area (Å²) < 4.78 is 5.40. The van der Waals surface area contributed by atoms with Crippen LogP contribution in [0.25, 0.3) is 0 Å². The first kappa shape index (κ1) is 11.9. The summed E-state index contributed by atoms with van der Waals surface area (Å²) in [7, 11) is 0. The zero-order valence-corrected chi connectivity index (χ0v) is 9.02. The molecule has 0 fully saturated rings. The second-order valence-corrected chi connectivity index (χ2v) is 3.51. The molecule has 0 saturated heterocycles. The number of benzene rings is 1. The van der Waals surface area contributed by atoms with Crippen LogP contribution < -0.4 is 0 Å². The van der Waals surface area contributed by atoms with Crippen LogP contribution in [0.4, 0.5) is 0 Å². The molecule has 0 aliphatic rings. The predicted molar refractivity (Wildman–Crippen MR) is 60.9 cm³/mol. The van der Waals surface area contributed by atoms with E-state index in [0.717, 1.165) is 32.2 Å². The number of aryl methyl sites for hydroxylation is 1. The molecule has 82 valence electrons. The SMILES string of the molecule is O=CCCCOCCCc1ccccc1. The maximum Gasteiger partial charge on any atom is 0.120 e. The highest BCUT2D eigenvalue weighted by atomic mass is 16.5. The van der Waals surface area contributed by atoms with Crippen LogP contribution in [0, 0.1) is 0 Å². The zero-order chi connectivity index (χ0) is 10.8. The molecule has 0 aliphatic carbocycles. The van der Waals surface area contributed by atoms with Crippen LogP contribution in [0.1, 0.15) is 24.8 Å². The van der Waals surface area contributed by atoms with Crippen molar-refractivity contribution in [2.75, 3.05) is 13.2 Å². The summed E-state index contributed by atoms with van der Waals surface area (Å²) in [6, 6.07) is 10.4. The average Bonchev–Trinajstić information content (AvgIpc) is 2.29. The fourth-order valence-corrected chi connectivity index (χ4v) is 1.39. The smallest absolute Gasteiger partial charge is 0.120 e. The molecular formula is C13H18O2. The fourth-order valence-electron chi connectivity index (χ4n) is 1.39. The van der Waals surface area contributed by atoms with Gasteiger partial charge in [0.25, 0.3) is 0 Å². The van der Waals surface area contributed by atoms with E-state index in [4.69, 9.17) is 4.74 Å². The van der Waals surface area contributed by atoms with E-state index >= 15 is 0 Å². The number of unbranched alkanes of at least 4 members (excludes halogenated alkanes) is 1. The summed E-state index contributed by atoms with van der Waals surface area (Å²) in [4.78, 5) is 10.0. The van der Waals surface area contributed by atoms with Crippen molar-refractivity contribution in [1.29, 1.82) is 0 Å². The van der Waals surface area contributed by atoms with Crippen molar-refractivity contribution in [1.82, 2.24) is 0 Å². The van der Waals surface area contributed by atoms with E-state index in [0.29, 0.717) is 13.0 Å². The van der Waals surface area contributed by atoms with Gasteiger partial charge in [0, 0.05) is 19.6 Å². The molecule has 1 aromatic rings. The summed E-state index contributed by atoms with van der Waals surface area (Å²) in [6.45, 7) is 1.49. The topological polar surface area (TPSA) is 26.3 Å². The Kier molecular flexibility index (Phi) is 6.50. The maximum absolute atomic E-state index is 10.0. The van der Waals surface area contributed by atoms with E-state index in [1.54, 1.807) is 0 Å². The molecule has 0 heterocycles. The van der Waals surface area contributed by atoms with Crippen LogP contribution in [0.2, 0.25) is 0 Å². The second kappa shape index (κ2) is 8.18. The third-order valence-corrected chi connectivity index (χ3v) is 2.21. The molecule has 2 heteroatoms. The van der Waals surface area contributed by atoms with Crippen LogP contribution in [0.15, 0.2) is 30.3 Å². The van der Waals surface area contributed by atoms with Gasteiger partial charge < -0.3 is 9.53 Å². The van der Waals surface area contributed by atoms with Gasteiger partial charge in [0.05, 0.1) is 0 Å². The van der Waals surface area contributed by atoms with E-state index in [1.165, 1.54) is 5.56 Å². The number of rotatable bonds is 8. The highest BCUT2D eigenvalue weighted by Crippen LogP contribution is 2.02. The van der Waals surface area contributed by atoms with Crippen molar-refractivity contribution in [2.45, 2.75) is 25.7 Å². The lowest BCUT2D eigenvalue weighted by Crippen LogP contribution is -1.98. The molecule has 0 amide bonds. The first-order valence-corrected chi connectivity index (χ1v) is 5.49. The van der Waals surface area contributed by atoms with Crippen LogP contribution >= 0.6 is 0 Å². The molecular weight excluding hydrogens is 188 g/mol. The van der Waals surface area contributed by atoms with E-state index in [1.807, 2.05) is 6.07 Å². The minimum Gasteiger partial charge on any atom is -0.381 e. The Morgan fingerprint density at radius 2 is 1.80 bits per heavy atom. The number of ether oxygens (including phenoxy) is 1. The highest BCUT2D eigenvalue weighted by Gasteiger charge is 1.92. The fraction of sp³-hybridized carbons (Fsp3) is 0.462. The van der Waals surface area contributed by atoms with Crippen LogP contribution in [0.3, 0.4) is 0 Å².